The molecule has 1 atom stereocenters. The molecular formula is C20H19NO3S2. The van der Waals surface area contributed by atoms with Gasteiger partial charge in [0, 0.05) is 0 Å². The highest BCUT2D eigenvalue weighted by atomic mass is 32.2. The fourth-order valence-corrected chi connectivity index (χ4v) is 4.37. The Morgan fingerprint density at radius 2 is 2.00 bits per heavy atom. The Labute approximate surface area is 161 Å². The fraction of sp³-hybridized carbons (Fsp3) is 0.250. The second-order valence-corrected chi connectivity index (χ2v) is 7.79. The normalized spacial score (nSPS) is 17.3. The van der Waals surface area contributed by atoms with Crippen LogP contribution in [-0.4, -0.2) is 32.2 Å². The van der Waals surface area contributed by atoms with Crippen molar-refractivity contribution in [3.8, 4) is 0 Å². The summed E-state index contributed by atoms with van der Waals surface area (Å²) in [6.07, 6.45) is 3.81. The molecule has 2 aromatic rings. The topological polar surface area (TPSA) is 57.6 Å². The first-order valence-corrected chi connectivity index (χ1v) is 9.73. The Bertz CT molecular complexity index is 902. The molecule has 1 aliphatic heterocycles. The lowest BCUT2D eigenvalue weighted by atomic mass is 10.0. The van der Waals surface area contributed by atoms with Gasteiger partial charge in [-0.2, -0.15) is 0 Å². The summed E-state index contributed by atoms with van der Waals surface area (Å²) >= 11 is 6.49. The van der Waals surface area contributed by atoms with Gasteiger partial charge in [0.25, 0.3) is 5.91 Å². The van der Waals surface area contributed by atoms with Crippen molar-refractivity contribution < 1.29 is 14.7 Å². The summed E-state index contributed by atoms with van der Waals surface area (Å²) < 4.78 is 0.310. The molecule has 0 aliphatic carbocycles. The summed E-state index contributed by atoms with van der Waals surface area (Å²) in [5.41, 5.74) is 0.920. The Balaban J connectivity index is 1.95. The number of hydrogen-bond acceptors (Lipinski definition) is 4. The average molecular weight is 386 g/mol. The Hall–Kier alpha value is -2.18. The van der Waals surface area contributed by atoms with Gasteiger partial charge in [-0.1, -0.05) is 86.2 Å². The number of fused-ring (bicyclic) bond motifs is 1. The summed E-state index contributed by atoms with van der Waals surface area (Å²) in [5.74, 6) is -1.34. The van der Waals surface area contributed by atoms with Gasteiger partial charge in [0.05, 0.1) is 4.91 Å². The fourth-order valence-electron chi connectivity index (χ4n) is 3.03. The highest BCUT2D eigenvalue weighted by molar-refractivity contribution is 8.26. The highest BCUT2D eigenvalue weighted by Gasteiger charge is 2.40. The molecule has 2 aromatic carbocycles. The molecule has 4 nitrogen and oxygen atoms in total. The van der Waals surface area contributed by atoms with Crippen LogP contribution in [0.3, 0.4) is 0 Å². The largest absolute Gasteiger partial charge is 0.480 e. The van der Waals surface area contributed by atoms with Gasteiger partial charge >= 0.3 is 5.97 Å². The number of benzene rings is 2. The first-order chi connectivity index (χ1) is 12.5. The van der Waals surface area contributed by atoms with E-state index in [1.165, 1.54) is 16.7 Å². The number of carbonyl (C=O) groups is 2. The number of rotatable bonds is 6. The van der Waals surface area contributed by atoms with Crippen LogP contribution in [0, 0.1) is 0 Å². The molecular weight excluding hydrogens is 366 g/mol. The molecule has 0 saturated carbocycles. The van der Waals surface area contributed by atoms with Crippen molar-refractivity contribution in [1.82, 2.24) is 4.90 Å². The van der Waals surface area contributed by atoms with Crippen molar-refractivity contribution >= 4 is 57.0 Å². The Morgan fingerprint density at radius 3 is 2.73 bits per heavy atom. The van der Waals surface area contributed by atoms with E-state index in [-0.39, 0.29) is 5.91 Å². The van der Waals surface area contributed by atoms with E-state index in [4.69, 9.17) is 12.2 Å². The van der Waals surface area contributed by atoms with E-state index in [1.807, 2.05) is 49.4 Å². The van der Waals surface area contributed by atoms with E-state index in [9.17, 15) is 14.7 Å². The number of carbonyl (C=O) groups excluding carboxylic acids is 1. The van der Waals surface area contributed by atoms with Gasteiger partial charge in [-0.3, -0.25) is 9.69 Å². The predicted molar refractivity (Wildman–Crippen MR) is 110 cm³/mol. The lowest BCUT2D eigenvalue weighted by Gasteiger charge is -2.22. The minimum absolute atomic E-state index is 0.310. The number of nitrogens with zero attached hydrogens (tertiary/aromatic N) is 1. The van der Waals surface area contributed by atoms with Gasteiger partial charge in [0.2, 0.25) is 0 Å². The standard InChI is InChI=1S/C20H19NO3S2/c1-2-3-11-16(19(23)24)21-18(22)17(26-20(21)25)12-14-9-6-8-13-7-4-5-10-15(13)14/h4-10,12,16H,2-3,11H2,1H3,(H,23,24)/b17-12-. The number of unbranched alkanes of at least 4 members (excludes halogenated alkanes) is 1. The molecule has 0 spiro atoms. The van der Waals surface area contributed by atoms with Crippen LogP contribution in [0.1, 0.15) is 31.7 Å². The van der Waals surface area contributed by atoms with E-state index in [2.05, 4.69) is 0 Å². The Morgan fingerprint density at radius 1 is 1.27 bits per heavy atom. The molecule has 1 fully saturated rings. The summed E-state index contributed by atoms with van der Waals surface area (Å²) in [4.78, 5) is 26.2. The molecule has 26 heavy (non-hydrogen) atoms. The van der Waals surface area contributed by atoms with Crippen LogP contribution in [0.5, 0.6) is 0 Å². The van der Waals surface area contributed by atoms with Crippen molar-refractivity contribution in [2.45, 2.75) is 32.2 Å². The van der Waals surface area contributed by atoms with Crippen LogP contribution in [0.25, 0.3) is 16.8 Å². The lowest BCUT2D eigenvalue weighted by Crippen LogP contribution is -2.43. The molecule has 0 radical (unpaired) electrons. The number of carboxylic acids is 1. The van der Waals surface area contributed by atoms with Crippen LogP contribution >= 0.6 is 24.0 Å². The van der Waals surface area contributed by atoms with E-state index in [0.717, 1.165) is 29.2 Å². The predicted octanol–water partition coefficient (Wildman–Crippen LogP) is 4.68. The summed E-state index contributed by atoms with van der Waals surface area (Å²) in [7, 11) is 0. The van der Waals surface area contributed by atoms with Gasteiger partial charge in [0.1, 0.15) is 10.4 Å². The lowest BCUT2D eigenvalue weighted by molar-refractivity contribution is -0.145. The molecule has 1 N–H and O–H groups in total. The van der Waals surface area contributed by atoms with Crippen LogP contribution in [0.15, 0.2) is 47.4 Å². The summed E-state index contributed by atoms with van der Waals surface area (Å²) in [6.45, 7) is 1.99. The number of thiocarbonyl (C=S) groups is 1. The highest BCUT2D eigenvalue weighted by Crippen LogP contribution is 2.36. The van der Waals surface area contributed by atoms with E-state index in [1.54, 1.807) is 6.08 Å². The number of amides is 1. The van der Waals surface area contributed by atoms with E-state index in [0.29, 0.717) is 15.6 Å². The molecule has 1 amide bonds. The molecule has 6 heteroatoms. The Kier molecular flexibility index (Phi) is 5.74. The molecule has 0 bridgehead atoms. The summed E-state index contributed by atoms with van der Waals surface area (Å²) in [5, 5.41) is 11.7. The maximum atomic E-state index is 12.9. The van der Waals surface area contributed by atoms with Crippen molar-refractivity contribution in [2.75, 3.05) is 0 Å². The number of aliphatic carboxylic acids is 1. The first-order valence-electron chi connectivity index (χ1n) is 8.50. The zero-order valence-electron chi connectivity index (χ0n) is 14.3. The second-order valence-electron chi connectivity index (χ2n) is 6.12. The second kappa shape index (κ2) is 8.01. The smallest absolute Gasteiger partial charge is 0.326 e. The molecule has 1 saturated heterocycles. The van der Waals surface area contributed by atoms with Gasteiger partial charge in [-0.05, 0) is 28.8 Å². The zero-order valence-corrected chi connectivity index (χ0v) is 16.0. The van der Waals surface area contributed by atoms with Crippen molar-refractivity contribution in [3.63, 3.8) is 0 Å². The third-order valence-corrected chi connectivity index (χ3v) is 5.69. The SMILES string of the molecule is CCCCC(C(=O)O)N1C(=O)/C(=C/c2cccc3ccccc23)SC1=S. The summed E-state index contributed by atoms with van der Waals surface area (Å²) in [6, 6.07) is 12.9. The zero-order chi connectivity index (χ0) is 18.7. The van der Waals surface area contributed by atoms with Gasteiger partial charge < -0.3 is 5.11 Å². The minimum Gasteiger partial charge on any atom is -0.480 e. The van der Waals surface area contributed by atoms with Crippen LogP contribution < -0.4 is 0 Å². The molecule has 0 aromatic heterocycles. The molecule has 134 valence electrons. The van der Waals surface area contributed by atoms with Crippen molar-refractivity contribution in [3.05, 3.63) is 52.9 Å². The third kappa shape index (κ3) is 3.66. The quantitative estimate of drug-likeness (QED) is 0.578. The minimum atomic E-state index is -1.01. The number of thioether (sulfide) groups is 1. The van der Waals surface area contributed by atoms with Gasteiger partial charge in [-0.15, -0.1) is 0 Å². The average Bonchev–Trinajstić information content (AvgIpc) is 2.90. The third-order valence-electron chi connectivity index (χ3n) is 4.36. The van der Waals surface area contributed by atoms with Crippen molar-refractivity contribution in [2.24, 2.45) is 0 Å². The monoisotopic (exact) mass is 385 g/mol. The molecule has 3 rings (SSSR count). The maximum absolute atomic E-state index is 12.9. The van der Waals surface area contributed by atoms with E-state index >= 15 is 0 Å². The maximum Gasteiger partial charge on any atom is 0.326 e. The van der Waals surface area contributed by atoms with Gasteiger partial charge in [0.15, 0.2) is 0 Å². The molecule has 1 unspecified atom stereocenters. The number of carboxylic acid groups (broad SMARTS) is 1. The van der Waals surface area contributed by atoms with E-state index < -0.39 is 12.0 Å². The van der Waals surface area contributed by atoms with Crippen LogP contribution in [0.4, 0.5) is 0 Å². The first kappa shape index (κ1) is 18.6. The van der Waals surface area contributed by atoms with Crippen LogP contribution in [0.2, 0.25) is 0 Å². The van der Waals surface area contributed by atoms with Crippen LogP contribution in [-0.2, 0) is 9.59 Å². The molecule has 1 heterocycles. The number of hydrogen-bond donors (Lipinski definition) is 1. The van der Waals surface area contributed by atoms with Crippen molar-refractivity contribution in [1.29, 1.82) is 0 Å². The van der Waals surface area contributed by atoms with Gasteiger partial charge in [-0.25, -0.2) is 4.79 Å². The molecule has 1 aliphatic rings.